The smallest absolute Gasteiger partial charge is 0.193 e. The van der Waals surface area contributed by atoms with E-state index in [-0.39, 0.29) is 17.0 Å². The summed E-state index contributed by atoms with van der Waals surface area (Å²) in [6.07, 6.45) is 1.45. The van der Waals surface area contributed by atoms with Gasteiger partial charge in [-0.1, -0.05) is 0 Å². The van der Waals surface area contributed by atoms with Crippen LogP contribution < -0.4 is 0 Å². The van der Waals surface area contributed by atoms with Crippen LogP contribution in [0.2, 0.25) is 0 Å². The lowest BCUT2D eigenvalue weighted by molar-refractivity contribution is 0.0958. The molecule has 66 valence electrons. The molecule has 2 nitrogen and oxygen atoms in total. The highest BCUT2D eigenvalue weighted by molar-refractivity contribution is 9.10. The fraction of sp³-hybridized carbons (Fsp3) is 0.143. The van der Waals surface area contributed by atoms with E-state index in [1.54, 1.807) is 0 Å². The van der Waals surface area contributed by atoms with Gasteiger partial charge in [0.05, 0.1) is 0 Å². The topological polar surface area (TPSA) is 30.0 Å². The molecule has 1 aromatic rings. The first-order valence-corrected chi connectivity index (χ1v) is 3.74. The van der Waals surface area contributed by atoms with Crippen LogP contribution in [0.15, 0.2) is 22.9 Å². The molecule has 0 aromatic carbocycles. The van der Waals surface area contributed by atoms with Crippen molar-refractivity contribution in [3.63, 3.8) is 0 Å². The number of hydrogen-bond donors (Lipinski definition) is 0. The highest BCUT2D eigenvalue weighted by Gasteiger charge is 2.04. The second kappa shape index (κ2) is 5.37. The van der Waals surface area contributed by atoms with Crippen LogP contribution in [0.3, 0.4) is 0 Å². The monoisotopic (exact) mass is 297 g/mol. The third-order valence-corrected chi connectivity index (χ3v) is 1.60. The Morgan fingerprint density at radius 3 is 2.83 bits per heavy atom. The molecule has 12 heavy (non-hydrogen) atoms. The van der Waals surface area contributed by atoms with Gasteiger partial charge in [0.1, 0.15) is 4.60 Å². The average Bonchev–Trinajstić information content (AvgIpc) is 2.03. The molecule has 0 saturated heterocycles. The first kappa shape index (κ1) is 11.7. The predicted octanol–water partition coefficient (Wildman–Crippen LogP) is 2.57. The van der Waals surface area contributed by atoms with Crippen LogP contribution in [0.4, 0.5) is 4.39 Å². The van der Waals surface area contributed by atoms with Crippen LogP contribution >= 0.6 is 32.9 Å². The maximum Gasteiger partial charge on any atom is 0.193 e. The summed E-state index contributed by atoms with van der Waals surface area (Å²) in [7, 11) is 0. The maximum absolute atomic E-state index is 11.8. The Balaban J connectivity index is 0.00000121. The lowest BCUT2D eigenvalue weighted by Crippen LogP contribution is -2.00. The van der Waals surface area contributed by atoms with Crippen LogP contribution in [0.1, 0.15) is 10.4 Å². The molecule has 0 bridgehead atoms. The first-order chi connectivity index (χ1) is 5.24. The van der Waals surface area contributed by atoms with E-state index in [1.807, 2.05) is 0 Å². The van der Waals surface area contributed by atoms with Gasteiger partial charge < -0.3 is 0 Å². The Labute approximate surface area is 88.1 Å². The van der Waals surface area contributed by atoms with Gasteiger partial charge in [-0.2, -0.15) is 0 Å². The van der Waals surface area contributed by atoms with Gasteiger partial charge in [0.15, 0.2) is 12.5 Å². The second-order valence-corrected chi connectivity index (χ2v) is 2.74. The lowest BCUT2D eigenvalue weighted by atomic mass is 10.2. The van der Waals surface area contributed by atoms with Crippen LogP contribution in [-0.4, -0.2) is 17.4 Å². The van der Waals surface area contributed by atoms with Crippen molar-refractivity contribution >= 4 is 38.7 Å². The minimum Gasteiger partial charge on any atom is -0.291 e. The Kier molecular flexibility index (Phi) is 5.24. The molecule has 0 aliphatic carbocycles. The van der Waals surface area contributed by atoms with Crippen LogP contribution in [0.25, 0.3) is 0 Å². The SMILES string of the molecule is Br.O=C(CF)c1ccnc(Br)c1. The van der Waals surface area contributed by atoms with Crippen LogP contribution in [0, 0.1) is 0 Å². The second-order valence-electron chi connectivity index (χ2n) is 1.92. The molecule has 0 fully saturated rings. The van der Waals surface area contributed by atoms with Gasteiger partial charge in [-0.3, -0.25) is 4.79 Å². The Morgan fingerprint density at radius 2 is 2.33 bits per heavy atom. The van der Waals surface area contributed by atoms with E-state index in [2.05, 4.69) is 20.9 Å². The van der Waals surface area contributed by atoms with Gasteiger partial charge in [-0.25, -0.2) is 9.37 Å². The summed E-state index contributed by atoms with van der Waals surface area (Å²) in [6.45, 7) is -0.962. The molecule has 0 radical (unpaired) electrons. The van der Waals surface area contributed by atoms with Gasteiger partial charge >= 0.3 is 0 Å². The molecule has 0 unspecified atom stereocenters. The minimum atomic E-state index is -0.962. The fourth-order valence-electron chi connectivity index (χ4n) is 0.653. The summed E-state index contributed by atoms with van der Waals surface area (Å²) < 4.78 is 12.4. The fourth-order valence-corrected chi connectivity index (χ4v) is 1.02. The molecular weight excluding hydrogens is 293 g/mol. The maximum atomic E-state index is 11.8. The molecule has 0 aliphatic heterocycles. The highest BCUT2D eigenvalue weighted by atomic mass is 79.9. The van der Waals surface area contributed by atoms with E-state index >= 15 is 0 Å². The van der Waals surface area contributed by atoms with E-state index in [9.17, 15) is 9.18 Å². The summed E-state index contributed by atoms with van der Waals surface area (Å²) in [5.74, 6) is -0.520. The number of nitrogens with zero attached hydrogens (tertiary/aromatic N) is 1. The van der Waals surface area contributed by atoms with Crippen molar-refractivity contribution in [2.45, 2.75) is 0 Å². The Bertz CT molecular complexity index is 280. The molecular formula is C7H6Br2FNO. The highest BCUT2D eigenvalue weighted by Crippen LogP contribution is 2.08. The molecule has 0 saturated carbocycles. The molecule has 0 amide bonds. The van der Waals surface area contributed by atoms with E-state index in [4.69, 9.17) is 0 Å². The number of pyridine rings is 1. The number of alkyl halides is 1. The number of Topliss-reactive ketones (excluding diaryl/α,β-unsaturated/α-hetero) is 1. The van der Waals surface area contributed by atoms with Crippen molar-refractivity contribution in [2.24, 2.45) is 0 Å². The number of ketones is 1. The lowest BCUT2D eigenvalue weighted by Gasteiger charge is -1.94. The molecule has 1 rings (SSSR count). The standard InChI is InChI=1S/C7H5BrFNO.BrH/c8-7-3-5(1-2-10-7)6(11)4-9;/h1-3H,4H2;1H. The molecule has 0 N–H and O–H groups in total. The van der Waals surface area contributed by atoms with E-state index in [0.29, 0.717) is 10.2 Å². The van der Waals surface area contributed by atoms with Crippen LogP contribution in [-0.2, 0) is 0 Å². The minimum absolute atomic E-state index is 0. The number of aromatic nitrogens is 1. The average molecular weight is 299 g/mol. The molecule has 0 aliphatic rings. The van der Waals surface area contributed by atoms with Crippen molar-refractivity contribution in [1.29, 1.82) is 0 Å². The van der Waals surface area contributed by atoms with Crippen molar-refractivity contribution < 1.29 is 9.18 Å². The first-order valence-electron chi connectivity index (χ1n) is 2.95. The van der Waals surface area contributed by atoms with E-state index in [0.717, 1.165) is 0 Å². The zero-order valence-electron chi connectivity index (χ0n) is 5.96. The summed E-state index contributed by atoms with van der Waals surface area (Å²) in [4.78, 5) is 14.5. The van der Waals surface area contributed by atoms with E-state index in [1.165, 1.54) is 18.3 Å². The van der Waals surface area contributed by atoms with Gasteiger partial charge in [-0.15, -0.1) is 17.0 Å². The van der Waals surface area contributed by atoms with Gasteiger partial charge in [0.2, 0.25) is 0 Å². The van der Waals surface area contributed by atoms with Crippen LogP contribution in [0.5, 0.6) is 0 Å². The summed E-state index contributed by atoms with van der Waals surface area (Å²) >= 11 is 3.07. The Morgan fingerprint density at radius 1 is 1.67 bits per heavy atom. The zero-order valence-corrected chi connectivity index (χ0v) is 9.26. The van der Waals surface area contributed by atoms with Crippen molar-refractivity contribution in [3.8, 4) is 0 Å². The quantitative estimate of drug-likeness (QED) is 0.620. The molecule has 5 heteroatoms. The van der Waals surface area contributed by atoms with Crippen molar-refractivity contribution in [1.82, 2.24) is 4.98 Å². The number of rotatable bonds is 2. The molecule has 0 spiro atoms. The largest absolute Gasteiger partial charge is 0.291 e. The summed E-state index contributed by atoms with van der Waals surface area (Å²) in [6, 6.07) is 2.97. The zero-order chi connectivity index (χ0) is 8.27. The van der Waals surface area contributed by atoms with Crippen molar-refractivity contribution in [2.75, 3.05) is 6.67 Å². The van der Waals surface area contributed by atoms with Gasteiger partial charge in [0, 0.05) is 11.8 Å². The third kappa shape index (κ3) is 2.98. The molecule has 1 aromatic heterocycles. The summed E-state index contributed by atoms with van der Waals surface area (Å²) in [5.41, 5.74) is 0.342. The van der Waals surface area contributed by atoms with Crippen molar-refractivity contribution in [3.05, 3.63) is 28.5 Å². The number of carbonyl (C=O) groups is 1. The Hall–Kier alpha value is -0.290. The number of hydrogen-bond acceptors (Lipinski definition) is 2. The van der Waals surface area contributed by atoms with Gasteiger partial charge in [0.25, 0.3) is 0 Å². The molecule has 0 atom stereocenters. The number of carbonyl (C=O) groups excluding carboxylic acids is 1. The number of halogens is 3. The van der Waals surface area contributed by atoms with Gasteiger partial charge in [-0.05, 0) is 28.1 Å². The summed E-state index contributed by atoms with van der Waals surface area (Å²) in [5, 5.41) is 0. The van der Waals surface area contributed by atoms with E-state index < -0.39 is 12.5 Å². The predicted molar refractivity (Wildman–Crippen MR) is 52.6 cm³/mol. The third-order valence-electron chi connectivity index (χ3n) is 1.17. The molecule has 1 heterocycles. The normalized spacial score (nSPS) is 8.83.